The molecule has 1 saturated heterocycles. The van der Waals surface area contributed by atoms with Gasteiger partial charge in [-0.1, -0.05) is 5.16 Å². The maximum absolute atomic E-state index is 13.3. The molecular formula is C23H22N6O7. The van der Waals surface area contributed by atoms with Crippen molar-refractivity contribution in [1.82, 2.24) is 15.1 Å². The van der Waals surface area contributed by atoms with Crippen LogP contribution in [-0.2, 0) is 14.3 Å². The number of nitrogens with two attached hydrogens (primary N) is 1. The van der Waals surface area contributed by atoms with E-state index < -0.39 is 23.5 Å². The number of fused-ring (bicyclic) bond motifs is 1. The van der Waals surface area contributed by atoms with Crippen molar-refractivity contribution in [3.8, 4) is 17.5 Å². The number of morpholine rings is 1. The highest BCUT2D eigenvalue weighted by Crippen LogP contribution is 2.31. The Morgan fingerprint density at radius 3 is 2.94 bits per heavy atom. The molecule has 4 N–H and O–H groups in total. The van der Waals surface area contributed by atoms with Crippen LogP contribution in [0.25, 0.3) is 22.4 Å². The van der Waals surface area contributed by atoms with Gasteiger partial charge in [-0.05, 0) is 31.2 Å². The molecule has 2 amide bonds. The molecule has 0 bridgehead atoms. The van der Waals surface area contributed by atoms with Crippen LogP contribution in [-0.4, -0.2) is 64.0 Å². The molecule has 4 aromatic rings. The van der Waals surface area contributed by atoms with Gasteiger partial charge in [0.25, 0.3) is 11.8 Å². The first kappa shape index (κ1) is 23.3. The SMILES string of the molecule is COc1nccc(-c2ccc(N3CCO[C@H]([C@@](C)(O)C(=O)Nc4ccc5c(N)noc5c4)C3=O)o2)n1. The van der Waals surface area contributed by atoms with Gasteiger partial charge in [0, 0.05) is 24.0 Å². The van der Waals surface area contributed by atoms with Gasteiger partial charge in [0.05, 0.1) is 25.6 Å². The number of aromatic nitrogens is 3. The third kappa shape index (κ3) is 4.10. The van der Waals surface area contributed by atoms with E-state index in [0.717, 1.165) is 0 Å². The fourth-order valence-electron chi connectivity index (χ4n) is 3.80. The number of furan rings is 1. The smallest absolute Gasteiger partial charge is 0.316 e. The van der Waals surface area contributed by atoms with E-state index in [1.165, 1.54) is 31.2 Å². The van der Waals surface area contributed by atoms with E-state index in [1.807, 2.05) is 0 Å². The third-order valence-corrected chi connectivity index (χ3v) is 5.74. The van der Waals surface area contributed by atoms with Crippen LogP contribution < -0.4 is 20.7 Å². The van der Waals surface area contributed by atoms with Crippen LogP contribution in [0.1, 0.15) is 6.92 Å². The molecule has 13 nitrogen and oxygen atoms in total. The summed E-state index contributed by atoms with van der Waals surface area (Å²) in [5.41, 5.74) is 4.64. The maximum Gasteiger partial charge on any atom is 0.316 e. The third-order valence-electron chi connectivity index (χ3n) is 5.74. The van der Waals surface area contributed by atoms with Gasteiger partial charge in [-0.2, -0.15) is 4.98 Å². The molecule has 186 valence electrons. The van der Waals surface area contributed by atoms with Gasteiger partial charge in [0.1, 0.15) is 5.69 Å². The molecule has 13 heteroatoms. The summed E-state index contributed by atoms with van der Waals surface area (Å²) in [4.78, 5) is 35.7. The molecule has 1 fully saturated rings. The minimum absolute atomic E-state index is 0.0699. The van der Waals surface area contributed by atoms with Gasteiger partial charge >= 0.3 is 6.01 Å². The van der Waals surface area contributed by atoms with Gasteiger partial charge in [0.2, 0.25) is 5.88 Å². The van der Waals surface area contributed by atoms with E-state index in [2.05, 4.69) is 20.4 Å². The van der Waals surface area contributed by atoms with E-state index >= 15 is 0 Å². The number of nitrogen functional groups attached to an aromatic ring is 1. The van der Waals surface area contributed by atoms with E-state index in [9.17, 15) is 14.7 Å². The Kier molecular flexibility index (Phi) is 5.78. The summed E-state index contributed by atoms with van der Waals surface area (Å²) in [5.74, 6) is -0.667. The molecule has 5 rings (SSSR count). The first-order valence-electron chi connectivity index (χ1n) is 10.9. The summed E-state index contributed by atoms with van der Waals surface area (Å²) in [6.45, 7) is 1.44. The van der Waals surface area contributed by atoms with Crippen LogP contribution >= 0.6 is 0 Å². The summed E-state index contributed by atoms with van der Waals surface area (Å²) in [6.07, 6.45) is 0.0353. The lowest BCUT2D eigenvalue weighted by Gasteiger charge is -2.37. The summed E-state index contributed by atoms with van der Waals surface area (Å²) < 4.78 is 21.5. The fourth-order valence-corrected chi connectivity index (χ4v) is 3.80. The average molecular weight is 494 g/mol. The highest BCUT2D eigenvalue weighted by Gasteiger charge is 2.49. The Bertz CT molecular complexity index is 1450. The first-order chi connectivity index (χ1) is 17.3. The lowest BCUT2D eigenvalue weighted by molar-refractivity contribution is -0.165. The van der Waals surface area contributed by atoms with E-state index in [1.54, 1.807) is 30.3 Å². The number of anilines is 3. The molecule has 4 heterocycles. The molecule has 0 unspecified atom stereocenters. The van der Waals surface area contributed by atoms with Crippen molar-refractivity contribution in [2.75, 3.05) is 36.2 Å². The van der Waals surface area contributed by atoms with Crippen LogP contribution in [0.3, 0.4) is 0 Å². The van der Waals surface area contributed by atoms with Crippen LogP contribution in [0.15, 0.2) is 51.5 Å². The number of methoxy groups -OCH3 is 1. The van der Waals surface area contributed by atoms with Gasteiger partial charge in [-0.25, -0.2) is 4.98 Å². The molecule has 1 aliphatic rings. The van der Waals surface area contributed by atoms with Crippen molar-refractivity contribution < 1.29 is 33.1 Å². The Morgan fingerprint density at radius 2 is 2.14 bits per heavy atom. The fraction of sp³-hybridized carbons (Fsp3) is 0.261. The van der Waals surface area contributed by atoms with Crippen molar-refractivity contribution in [1.29, 1.82) is 0 Å². The second-order valence-corrected chi connectivity index (χ2v) is 8.19. The van der Waals surface area contributed by atoms with E-state index in [-0.39, 0.29) is 30.9 Å². The minimum atomic E-state index is -2.21. The topological polar surface area (TPSA) is 179 Å². The van der Waals surface area contributed by atoms with Crippen LogP contribution in [0.5, 0.6) is 6.01 Å². The van der Waals surface area contributed by atoms with Crippen molar-refractivity contribution >= 4 is 40.2 Å². The van der Waals surface area contributed by atoms with Crippen LogP contribution in [0.2, 0.25) is 0 Å². The molecular weight excluding hydrogens is 472 g/mol. The highest BCUT2D eigenvalue weighted by atomic mass is 16.5. The lowest BCUT2D eigenvalue weighted by atomic mass is 9.95. The van der Waals surface area contributed by atoms with E-state index in [4.69, 9.17) is 24.1 Å². The molecule has 0 aliphatic carbocycles. The zero-order valence-corrected chi connectivity index (χ0v) is 19.3. The molecule has 1 aromatic carbocycles. The Balaban J connectivity index is 1.33. The van der Waals surface area contributed by atoms with Gasteiger partial charge in [-0.3, -0.25) is 14.5 Å². The monoisotopic (exact) mass is 494 g/mol. The van der Waals surface area contributed by atoms with Gasteiger partial charge in [0.15, 0.2) is 28.9 Å². The standard InChI is InChI=1S/C23H22N6O7/c1-23(32,21(31)26-12-3-4-13-16(11-12)36-28-19(13)24)18-20(30)29(9-10-34-18)17-6-5-15(35-17)14-7-8-25-22(27-14)33-2/h3-8,11,18,32H,9-10H2,1-2H3,(H2,24,28)(H,26,31)/t18-,23+/m0/s1. The number of aliphatic hydroxyl groups is 1. The van der Waals surface area contributed by atoms with Gasteiger partial charge in [-0.15, -0.1) is 0 Å². The van der Waals surface area contributed by atoms with Crippen molar-refractivity contribution in [3.63, 3.8) is 0 Å². The number of carbonyl (C=O) groups is 2. The Labute approximate surface area is 203 Å². The van der Waals surface area contributed by atoms with Crippen LogP contribution in [0, 0.1) is 0 Å². The number of rotatable bonds is 6. The summed E-state index contributed by atoms with van der Waals surface area (Å²) in [6, 6.07) is 9.75. The molecule has 1 aliphatic heterocycles. The number of benzene rings is 1. The number of nitrogens with zero attached hydrogens (tertiary/aromatic N) is 4. The number of nitrogens with one attached hydrogen (secondary N) is 1. The Morgan fingerprint density at radius 1 is 1.31 bits per heavy atom. The zero-order valence-electron chi connectivity index (χ0n) is 19.3. The summed E-state index contributed by atoms with van der Waals surface area (Å²) in [7, 11) is 1.45. The Hall–Kier alpha value is -4.49. The number of amides is 2. The second kappa shape index (κ2) is 8.94. The second-order valence-electron chi connectivity index (χ2n) is 8.19. The molecule has 36 heavy (non-hydrogen) atoms. The molecule has 3 aromatic heterocycles. The van der Waals surface area contributed by atoms with Crippen molar-refractivity contribution in [2.45, 2.75) is 18.6 Å². The number of hydrogen-bond acceptors (Lipinski definition) is 11. The number of ether oxygens (including phenoxy) is 2. The largest absolute Gasteiger partial charge is 0.467 e. The molecule has 2 atom stereocenters. The van der Waals surface area contributed by atoms with Crippen molar-refractivity contribution in [2.24, 2.45) is 0 Å². The zero-order chi connectivity index (χ0) is 25.4. The molecule has 0 saturated carbocycles. The summed E-state index contributed by atoms with van der Waals surface area (Å²) in [5, 5.41) is 17.9. The van der Waals surface area contributed by atoms with Gasteiger partial charge < -0.3 is 34.6 Å². The lowest BCUT2D eigenvalue weighted by Crippen LogP contribution is -2.61. The summed E-state index contributed by atoms with van der Waals surface area (Å²) >= 11 is 0. The number of carbonyl (C=O) groups excluding carboxylic acids is 2. The maximum atomic E-state index is 13.3. The normalized spacial score (nSPS) is 17.7. The molecule has 0 radical (unpaired) electrons. The minimum Gasteiger partial charge on any atom is -0.467 e. The number of hydrogen-bond donors (Lipinski definition) is 3. The highest BCUT2D eigenvalue weighted by molar-refractivity contribution is 6.06. The van der Waals surface area contributed by atoms with Crippen molar-refractivity contribution in [3.05, 3.63) is 42.6 Å². The van der Waals surface area contributed by atoms with Crippen LogP contribution in [0.4, 0.5) is 17.4 Å². The predicted molar refractivity (Wildman–Crippen MR) is 126 cm³/mol. The molecule has 0 spiro atoms. The average Bonchev–Trinajstić information content (AvgIpc) is 3.51. The first-order valence-corrected chi connectivity index (χ1v) is 10.9. The quantitative estimate of drug-likeness (QED) is 0.354. The predicted octanol–water partition coefficient (Wildman–Crippen LogP) is 1.59. The van der Waals surface area contributed by atoms with E-state index in [0.29, 0.717) is 28.1 Å².